The monoisotopic (exact) mass is 328 g/mol. The molecule has 0 radical (unpaired) electrons. The molecule has 0 unspecified atom stereocenters. The third-order valence-electron chi connectivity index (χ3n) is 2.79. The molecule has 0 aliphatic carbocycles. The molecule has 0 saturated heterocycles. The lowest BCUT2D eigenvalue weighted by molar-refractivity contribution is 0.623. The molecule has 0 bridgehead atoms. The van der Waals surface area contributed by atoms with Gasteiger partial charge in [-0.15, -0.1) is 0 Å². The molecule has 3 aromatic rings. The van der Waals surface area contributed by atoms with Gasteiger partial charge in [-0.2, -0.15) is 10.2 Å². The molecule has 3 N–H and O–H groups in total. The number of anilines is 3. The number of nitrogens with two attached hydrogens (primary N) is 1. The number of para-hydroxylation sites is 1. The van der Waals surface area contributed by atoms with Crippen molar-refractivity contribution in [2.24, 2.45) is 0 Å². The van der Waals surface area contributed by atoms with Gasteiger partial charge in [-0.25, -0.2) is 0 Å². The van der Waals surface area contributed by atoms with Crippen LogP contribution in [0.3, 0.4) is 0 Å². The Labute approximate surface area is 123 Å². The van der Waals surface area contributed by atoms with Gasteiger partial charge in [-0.3, -0.25) is 0 Å². The summed E-state index contributed by atoms with van der Waals surface area (Å²) in [6.45, 7) is 0. The Morgan fingerprint density at radius 3 is 2.85 bits per heavy atom. The smallest absolute Gasteiger partial charge is 0.300 e. The number of nitrogen functional groups attached to an aromatic ring is 1. The van der Waals surface area contributed by atoms with Gasteiger partial charge in [-0.1, -0.05) is 6.07 Å². The van der Waals surface area contributed by atoms with E-state index in [1.807, 2.05) is 6.07 Å². The standard InChI is InChI=1S/C14H9BrN4O/c15-9-6-8(7-16)4-5-11(9)18-14-19-13-10(17)2-1-3-12(13)20-14/h1-6H,17H2,(H,18,19). The highest BCUT2D eigenvalue weighted by Gasteiger charge is 2.09. The van der Waals surface area contributed by atoms with Crippen molar-refractivity contribution in [1.29, 1.82) is 5.26 Å². The van der Waals surface area contributed by atoms with E-state index in [9.17, 15) is 0 Å². The summed E-state index contributed by atoms with van der Waals surface area (Å²) in [6, 6.07) is 13.0. The van der Waals surface area contributed by atoms with Gasteiger partial charge in [-0.05, 0) is 46.3 Å². The van der Waals surface area contributed by atoms with Crippen LogP contribution in [-0.2, 0) is 0 Å². The van der Waals surface area contributed by atoms with Crippen molar-refractivity contribution >= 4 is 44.4 Å². The van der Waals surface area contributed by atoms with Crippen molar-refractivity contribution in [3.05, 3.63) is 46.4 Å². The Morgan fingerprint density at radius 1 is 1.30 bits per heavy atom. The highest BCUT2D eigenvalue weighted by molar-refractivity contribution is 9.10. The number of fused-ring (bicyclic) bond motifs is 1. The summed E-state index contributed by atoms with van der Waals surface area (Å²) in [6.07, 6.45) is 0. The first-order valence-electron chi connectivity index (χ1n) is 5.79. The van der Waals surface area contributed by atoms with E-state index in [4.69, 9.17) is 15.4 Å². The largest absolute Gasteiger partial charge is 0.423 e. The minimum absolute atomic E-state index is 0.350. The van der Waals surface area contributed by atoms with Crippen molar-refractivity contribution in [3.8, 4) is 6.07 Å². The number of rotatable bonds is 2. The molecule has 3 rings (SSSR count). The van der Waals surface area contributed by atoms with Gasteiger partial charge in [0.05, 0.1) is 23.0 Å². The van der Waals surface area contributed by atoms with Gasteiger partial charge in [0.2, 0.25) is 0 Å². The predicted octanol–water partition coefficient (Wildman–Crippen LogP) is 3.79. The fourth-order valence-electron chi connectivity index (χ4n) is 1.82. The second-order valence-electron chi connectivity index (χ2n) is 4.14. The molecular formula is C14H9BrN4O. The minimum atomic E-state index is 0.350. The molecule has 1 heterocycles. The van der Waals surface area contributed by atoms with Gasteiger partial charge >= 0.3 is 0 Å². The average Bonchev–Trinajstić information content (AvgIpc) is 2.85. The number of benzene rings is 2. The zero-order chi connectivity index (χ0) is 14.1. The van der Waals surface area contributed by atoms with Crippen molar-refractivity contribution in [1.82, 2.24) is 4.98 Å². The van der Waals surface area contributed by atoms with E-state index in [-0.39, 0.29) is 0 Å². The quantitative estimate of drug-likeness (QED) is 0.699. The third kappa shape index (κ3) is 2.19. The lowest BCUT2D eigenvalue weighted by Gasteiger charge is -2.04. The Morgan fingerprint density at radius 2 is 2.15 bits per heavy atom. The molecule has 6 heteroatoms. The number of halogens is 1. The minimum Gasteiger partial charge on any atom is -0.423 e. The van der Waals surface area contributed by atoms with Gasteiger partial charge in [0.25, 0.3) is 6.01 Å². The van der Waals surface area contributed by atoms with Gasteiger partial charge in [0, 0.05) is 4.47 Å². The Kier molecular flexibility index (Phi) is 3.05. The number of hydrogen-bond acceptors (Lipinski definition) is 5. The molecule has 0 aliphatic heterocycles. The van der Waals surface area contributed by atoms with Crippen molar-refractivity contribution in [2.45, 2.75) is 0 Å². The highest BCUT2D eigenvalue weighted by Crippen LogP contribution is 2.29. The molecule has 1 aromatic heterocycles. The molecule has 98 valence electrons. The molecule has 0 atom stereocenters. The lowest BCUT2D eigenvalue weighted by atomic mass is 10.2. The van der Waals surface area contributed by atoms with Crippen LogP contribution in [0.25, 0.3) is 11.1 Å². The molecule has 0 fully saturated rings. The summed E-state index contributed by atoms with van der Waals surface area (Å²) in [5, 5.41) is 11.9. The zero-order valence-electron chi connectivity index (χ0n) is 10.2. The van der Waals surface area contributed by atoms with E-state index >= 15 is 0 Å². The maximum atomic E-state index is 8.83. The SMILES string of the molecule is N#Cc1ccc(Nc2nc3c(N)cccc3o2)c(Br)c1. The van der Waals surface area contributed by atoms with E-state index in [2.05, 4.69) is 32.3 Å². The van der Waals surface area contributed by atoms with Crippen molar-refractivity contribution in [3.63, 3.8) is 0 Å². The number of nitriles is 1. The van der Waals surface area contributed by atoms with Crippen LogP contribution in [0.2, 0.25) is 0 Å². The molecular weight excluding hydrogens is 320 g/mol. The normalized spacial score (nSPS) is 10.4. The first kappa shape index (κ1) is 12.5. The van der Waals surface area contributed by atoms with E-state index in [0.29, 0.717) is 28.4 Å². The number of aromatic nitrogens is 1. The van der Waals surface area contributed by atoms with Gasteiger partial charge < -0.3 is 15.5 Å². The first-order valence-corrected chi connectivity index (χ1v) is 6.58. The third-order valence-corrected chi connectivity index (χ3v) is 3.45. The molecule has 20 heavy (non-hydrogen) atoms. The summed E-state index contributed by atoms with van der Waals surface area (Å²) >= 11 is 3.40. The number of oxazole rings is 1. The topological polar surface area (TPSA) is 87.9 Å². The fourth-order valence-corrected chi connectivity index (χ4v) is 2.30. The van der Waals surface area contributed by atoms with Crippen LogP contribution in [0.5, 0.6) is 0 Å². The van der Waals surface area contributed by atoms with Crippen LogP contribution in [0.4, 0.5) is 17.4 Å². The molecule has 0 spiro atoms. The van der Waals surface area contributed by atoms with Gasteiger partial charge in [0.15, 0.2) is 5.58 Å². The average molecular weight is 329 g/mol. The fraction of sp³-hybridized carbons (Fsp3) is 0. The summed E-state index contributed by atoms with van der Waals surface area (Å²) in [4.78, 5) is 4.30. The van der Waals surface area contributed by atoms with Crippen LogP contribution in [-0.4, -0.2) is 4.98 Å². The summed E-state index contributed by atoms with van der Waals surface area (Å²) in [5.41, 5.74) is 8.98. The molecule has 2 aromatic carbocycles. The molecule has 0 aliphatic rings. The molecule has 0 amide bonds. The van der Waals surface area contributed by atoms with Gasteiger partial charge in [0.1, 0.15) is 5.52 Å². The zero-order valence-corrected chi connectivity index (χ0v) is 11.8. The van der Waals surface area contributed by atoms with Crippen LogP contribution < -0.4 is 11.1 Å². The van der Waals surface area contributed by atoms with E-state index in [0.717, 1.165) is 10.2 Å². The summed E-state index contributed by atoms with van der Waals surface area (Å²) < 4.78 is 6.33. The summed E-state index contributed by atoms with van der Waals surface area (Å²) in [5.74, 6) is 0. The van der Waals surface area contributed by atoms with Crippen LogP contribution in [0.15, 0.2) is 45.3 Å². The van der Waals surface area contributed by atoms with Crippen LogP contribution in [0.1, 0.15) is 5.56 Å². The predicted molar refractivity (Wildman–Crippen MR) is 80.6 cm³/mol. The maximum Gasteiger partial charge on any atom is 0.300 e. The van der Waals surface area contributed by atoms with Crippen molar-refractivity contribution < 1.29 is 4.42 Å². The second-order valence-corrected chi connectivity index (χ2v) is 5.00. The highest BCUT2D eigenvalue weighted by atomic mass is 79.9. The number of nitrogens with zero attached hydrogens (tertiary/aromatic N) is 2. The Bertz CT molecular complexity index is 835. The Hall–Kier alpha value is -2.52. The summed E-state index contributed by atoms with van der Waals surface area (Å²) in [7, 11) is 0. The molecule has 0 saturated carbocycles. The van der Waals surface area contributed by atoms with E-state index < -0.39 is 0 Å². The van der Waals surface area contributed by atoms with E-state index in [1.54, 1.807) is 30.3 Å². The second kappa shape index (κ2) is 4.87. The molecule has 5 nitrogen and oxygen atoms in total. The lowest BCUT2D eigenvalue weighted by Crippen LogP contribution is -1.92. The van der Waals surface area contributed by atoms with Crippen LogP contribution >= 0.6 is 15.9 Å². The number of hydrogen-bond donors (Lipinski definition) is 2. The van der Waals surface area contributed by atoms with Crippen molar-refractivity contribution in [2.75, 3.05) is 11.1 Å². The Balaban J connectivity index is 1.97. The first-order chi connectivity index (χ1) is 9.67. The van der Waals surface area contributed by atoms with E-state index in [1.165, 1.54) is 0 Å². The van der Waals surface area contributed by atoms with Crippen LogP contribution in [0, 0.1) is 11.3 Å². The maximum absolute atomic E-state index is 8.83. The number of nitrogens with one attached hydrogen (secondary N) is 1.